The zero-order valence-electron chi connectivity index (χ0n) is 19.5. The molecule has 0 radical (unpaired) electrons. The molecule has 2 atom stereocenters. The van der Waals surface area contributed by atoms with Crippen LogP contribution in [0.5, 0.6) is 11.8 Å². The summed E-state index contributed by atoms with van der Waals surface area (Å²) in [6.45, 7) is -1.96. The number of pyridine rings is 1. The molecule has 0 saturated carbocycles. The number of carbonyl (C=O) groups is 1. The summed E-state index contributed by atoms with van der Waals surface area (Å²) in [6, 6.07) is 2.62. The number of halogens is 4. The molecule has 0 fully saturated rings. The number of aliphatic hydroxyl groups excluding tert-OH is 1. The van der Waals surface area contributed by atoms with Crippen molar-refractivity contribution in [2.75, 3.05) is 6.61 Å². The minimum atomic E-state index is -3.17. The molecule has 0 aromatic carbocycles. The van der Waals surface area contributed by atoms with E-state index in [1.807, 2.05) is 0 Å². The van der Waals surface area contributed by atoms with E-state index in [1.54, 1.807) is 12.1 Å². The number of carbonyl (C=O) groups excluding carboxylic acids is 1. The molecule has 4 aromatic rings. The first-order chi connectivity index (χ1) is 17.6. The SMILES string of the molecule is C[C@H](O)C(=O)N[C@@H]1COc2c(-c3[nH]c4ncccc4c3-c3cn(C)nc3OC(F)F)c(C(F)F)nn2C1. The van der Waals surface area contributed by atoms with Crippen LogP contribution in [0.15, 0.2) is 24.5 Å². The topological polar surface area (TPSA) is 132 Å². The van der Waals surface area contributed by atoms with Crippen LogP contribution in [0, 0.1) is 0 Å². The third-order valence-electron chi connectivity index (χ3n) is 5.77. The van der Waals surface area contributed by atoms with Crippen LogP contribution < -0.4 is 14.8 Å². The van der Waals surface area contributed by atoms with E-state index in [0.717, 1.165) is 0 Å². The van der Waals surface area contributed by atoms with E-state index in [-0.39, 0.29) is 41.4 Å². The van der Waals surface area contributed by atoms with Crippen LogP contribution in [0.25, 0.3) is 33.4 Å². The van der Waals surface area contributed by atoms with E-state index in [9.17, 15) is 27.5 Å². The van der Waals surface area contributed by atoms with Crippen molar-refractivity contribution in [3.8, 4) is 34.1 Å². The second-order valence-electron chi connectivity index (χ2n) is 8.42. The molecule has 37 heavy (non-hydrogen) atoms. The standard InChI is InChI=1S/C22H21F4N7O4/c1-9(34)19(35)28-10-6-33-21(36-8-10)14(16(30-33)17(23)24)15-13(11-4-3-5-27-18(11)29-15)12-7-32(2)31-20(12)37-22(25)26/h3-5,7,9-10,17,22,34H,6,8H2,1-2H3,(H,27,29)(H,28,35)/t9-,10-/m0/s1. The van der Waals surface area contributed by atoms with Gasteiger partial charge in [-0.1, -0.05) is 0 Å². The first-order valence-electron chi connectivity index (χ1n) is 11.1. The summed E-state index contributed by atoms with van der Waals surface area (Å²) >= 11 is 0. The van der Waals surface area contributed by atoms with Crippen molar-refractivity contribution in [3.63, 3.8) is 0 Å². The van der Waals surface area contributed by atoms with Crippen molar-refractivity contribution in [3.05, 3.63) is 30.2 Å². The van der Waals surface area contributed by atoms with Crippen molar-refractivity contribution < 1.29 is 36.9 Å². The molecule has 0 aliphatic carbocycles. The van der Waals surface area contributed by atoms with Crippen molar-refractivity contribution in [2.24, 2.45) is 7.05 Å². The van der Waals surface area contributed by atoms with Crippen LogP contribution in [0.2, 0.25) is 0 Å². The fourth-order valence-electron chi connectivity index (χ4n) is 4.27. The Labute approximate surface area is 206 Å². The molecular weight excluding hydrogens is 502 g/mol. The van der Waals surface area contributed by atoms with Gasteiger partial charge in [0.2, 0.25) is 17.7 Å². The summed E-state index contributed by atoms with van der Waals surface area (Å²) in [5, 5.41) is 20.4. The Kier molecular flexibility index (Phi) is 6.23. The second kappa shape index (κ2) is 9.38. The number of aliphatic hydroxyl groups is 1. The molecule has 1 aliphatic rings. The Balaban J connectivity index is 1.69. The summed E-state index contributed by atoms with van der Waals surface area (Å²) in [6.07, 6.45) is -1.38. The maximum Gasteiger partial charge on any atom is 0.388 e. The number of nitrogens with one attached hydrogen (secondary N) is 2. The summed E-state index contributed by atoms with van der Waals surface area (Å²) in [5.74, 6) is -1.05. The number of hydrogen-bond donors (Lipinski definition) is 3. The van der Waals surface area contributed by atoms with Gasteiger partial charge in [-0.2, -0.15) is 13.9 Å². The predicted octanol–water partition coefficient (Wildman–Crippen LogP) is 2.62. The summed E-state index contributed by atoms with van der Waals surface area (Å²) in [4.78, 5) is 19.1. The monoisotopic (exact) mass is 523 g/mol. The molecule has 5 heterocycles. The van der Waals surface area contributed by atoms with Crippen LogP contribution in [0.1, 0.15) is 19.0 Å². The predicted molar refractivity (Wildman–Crippen MR) is 120 cm³/mol. The number of fused-ring (bicyclic) bond motifs is 2. The van der Waals surface area contributed by atoms with Gasteiger partial charge in [-0.15, -0.1) is 5.10 Å². The first-order valence-corrected chi connectivity index (χ1v) is 11.1. The van der Waals surface area contributed by atoms with Gasteiger partial charge in [0.05, 0.1) is 29.4 Å². The highest BCUT2D eigenvalue weighted by Crippen LogP contribution is 2.47. The van der Waals surface area contributed by atoms with E-state index in [2.05, 4.69) is 30.2 Å². The van der Waals surface area contributed by atoms with E-state index in [4.69, 9.17) is 4.74 Å². The number of alkyl halides is 4. The van der Waals surface area contributed by atoms with Gasteiger partial charge >= 0.3 is 6.61 Å². The third-order valence-corrected chi connectivity index (χ3v) is 5.77. The Morgan fingerprint density at radius 1 is 1.30 bits per heavy atom. The number of rotatable bonds is 7. The van der Waals surface area contributed by atoms with Gasteiger partial charge in [0, 0.05) is 30.4 Å². The molecule has 4 aromatic heterocycles. The molecule has 15 heteroatoms. The van der Waals surface area contributed by atoms with Crippen molar-refractivity contribution in [1.82, 2.24) is 34.8 Å². The lowest BCUT2D eigenvalue weighted by Crippen LogP contribution is -2.47. The quantitative estimate of drug-likeness (QED) is 0.317. The van der Waals surface area contributed by atoms with E-state index in [0.29, 0.717) is 11.0 Å². The summed E-state index contributed by atoms with van der Waals surface area (Å²) in [5.41, 5.74) is 0.0645. The van der Waals surface area contributed by atoms with Gasteiger partial charge in [0.15, 0.2) is 0 Å². The fourth-order valence-corrected chi connectivity index (χ4v) is 4.27. The number of aromatic amines is 1. The first kappa shape index (κ1) is 24.5. The Hall–Kier alpha value is -4.14. The van der Waals surface area contributed by atoms with E-state index >= 15 is 0 Å². The fraction of sp³-hybridized carbons (Fsp3) is 0.364. The molecule has 0 spiro atoms. The molecular formula is C22H21F4N7O4. The molecule has 1 aliphatic heterocycles. The number of H-pyrrole nitrogens is 1. The number of amides is 1. The van der Waals surface area contributed by atoms with Crippen molar-refractivity contribution in [2.45, 2.75) is 38.7 Å². The lowest BCUT2D eigenvalue weighted by molar-refractivity contribution is -0.129. The highest BCUT2D eigenvalue weighted by Gasteiger charge is 2.35. The van der Waals surface area contributed by atoms with Crippen LogP contribution in [0.3, 0.4) is 0 Å². The van der Waals surface area contributed by atoms with E-state index in [1.165, 1.54) is 35.7 Å². The maximum absolute atomic E-state index is 14.3. The second-order valence-corrected chi connectivity index (χ2v) is 8.42. The molecule has 0 saturated heterocycles. The number of nitrogens with zero attached hydrogens (tertiary/aromatic N) is 5. The molecule has 3 N–H and O–H groups in total. The van der Waals surface area contributed by atoms with Crippen LogP contribution in [0.4, 0.5) is 17.6 Å². The van der Waals surface area contributed by atoms with Gasteiger partial charge in [0.1, 0.15) is 24.1 Å². The summed E-state index contributed by atoms with van der Waals surface area (Å²) < 4.78 is 67.6. The minimum absolute atomic E-state index is 0.00599. The van der Waals surface area contributed by atoms with Crippen molar-refractivity contribution in [1.29, 1.82) is 0 Å². The highest BCUT2D eigenvalue weighted by molar-refractivity contribution is 6.04. The number of hydrogen-bond acceptors (Lipinski definition) is 7. The van der Waals surface area contributed by atoms with Crippen LogP contribution in [-0.2, 0) is 18.4 Å². The third kappa shape index (κ3) is 4.45. The van der Waals surface area contributed by atoms with Crippen LogP contribution in [-0.4, -0.2) is 65.9 Å². The zero-order chi connectivity index (χ0) is 26.4. The zero-order valence-corrected chi connectivity index (χ0v) is 19.5. The van der Waals surface area contributed by atoms with Crippen molar-refractivity contribution >= 4 is 16.9 Å². The number of aromatic nitrogens is 6. The normalized spacial score (nSPS) is 16.2. The number of ether oxygens (including phenoxy) is 2. The van der Waals surface area contributed by atoms with Gasteiger partial charge in [0.25, 0.3) is 6.43 Å². The molecule has 0 unspecified atom stereocenters. The number of aryl methyl sites for hydroxylation is 1. The minimum Gasteiger partial charge on any atom is -0.475 e. The average molecular weight is 523 g/mol. The van der Waals surface area contributed by atoms with Crippen LogP contribution >= 0.6 is 0 Å². The lowest BCUT2D eigenvalue weighted by Gasteiger charge is -2.26. The van der Waals surface area contributed by atoms with Gasteiger partial charge in [-0.05, 0) is 19.1 Å². The van der Waals surface area contributed by atoms with E-state index < -0.39 is 42.7 Å². The Bertz CT molecular complexity index is 1460. The molecule has 5 rings (SSSR count). The molecule has 0 bridgehead atoms. The largest absolute Gasteiger partial charge is 0.475 e. The smallest absolute Gasteiger partial charge is 0.388 e. The Morgan fingerprint density at radius 2 is 2.08 bits per heavy atom. The average Bonchev–Trinajstić information content (AvgIpc) is 3.50. The van der Waals surface area contributed by atoms with Gasteiger partial charge < -0.3 is 24.9 Å². The highest BCUT2D eigenvalue weighted by atomic mass is 19.3. The maximum atomic E-state index is 14.3. The molecule has 11 nitrogen and oxygen atoms in total. The van der Waals surface area contributed by atoms with Gasteiger partial charge in [-0.25, -0.2) is 18.4 Å². The molecule has 196 valence electrons. The Morgan fingerprint density at radius 3 is 2.78 bits per heavy atom. The lowest BCUT2D eigenvalue weighted by atomic mass is 10.0. The van der Waals surface area contributed by atoms with Gasteiger partial charge in [-0.3, -0.25) is 9.48 Å². The molecule has 1 amide bonds. The summed E-state index contributed by atoms with van der Waals surface area (Å²) in [7, 11) is 1.51.